The van der Waals surface area contributed by atoms with E-state index in [4.69, 9.17) is 10.2 Å². The monoisotopic (exact) mass is 346 g/mol. The van der Waals surface area contributed by atoms with Crippen LogP contribution in [0.5, 0.6) is 0 Å². The quantitative estimate of drug-likeness (QED) is 0.537. The largest absolute Gasteiger partial charge is 0.455 e. The minimum atomic E-state index is -0.438. The predicted octanol–water partition coefficient (Wildman–Crippen LogP) is 0.544. The molecule has 2 aromatic heterocycles. The first-order valence-electron chi connectivity index (χ1n) is 7.66. The zero-order chi connectivity index (χ0) is 17.6. The summed E-state index contributed by atoms with van der Waals surface area (Å²) >= 11 is 0. The molecule has 0 atom stereocenters. The lowest BCUT2D eigenvalue weighted by Gasteiger charge is -2.02. The van der Waals surface area contributed by atoms with Gasteiger partial charge in [0.25, 0.3) is 5.91 Å². The fourth-order valence-corrected chi connectivity index (χ4v) is 2.26. The smallest absolute Gasteiger partial charge is 0.277 e. The molecule has 1 amide bonds. The first-order valence-corrected chi connectivity index (χ1v) is 7.66. The van der Waals surface area contributed by atoms with Crippen LogP contribution in [0.1, 0.15) is 16.2 Å². The first kappa shape index (κ1) is 16.7. The molecule has 0 unspecified atom stereocenters. The molecule has 0 aliphatic heterocycles. The van der Waals surface area contributed by atoms with Crippen LogP contribution in [-0.4, -0.2) is 29.3 Å². The zero-order valence-electron chi connectivity index (χ0n) is 13.2. The number of aromatic nitrogens is 2. The maximum Gasteiger partial charge on any atom is 0.277 e. The summed E-state index contributed by atoms with van der Waals surface area (Å²) in [6.45, 7) is 1.59. The molecule has 0 spiro atoms. The first-order chi connectivity index (χ1) is 12.1. The van der Waals surface area contributed by atoms with Gasteiger partial charge in [0, 0.05) is 0 Å². The highest BCUT2D eigenvalue weighted by atomic mass is 19.1. The predicted molar refractivity (Wildman–Crippen MR) is 85.6 cm³/mol. The molecule has 0 fully saturated rings. The summed E-state index contributed by atoms with van der Waals surface area (Å²) in [4.78, 5) is 11.7. The van der Waals surface area contributed by atoms with Crippen LogP contribution in [0.2, 0.25) is 0 Å². The SMILES string of the molecule is Nc1nonc1C(=O)NCC[NH2+]Cc1ccc(-c2ccccc2F)o1. The number of hydrogen-bond donors (Lipinski definition) is 3. The molecular formula is C16H17FN5O3+. The highest BCUT2D eigenvalue weighted by Crippen LogP contribution is 2.24. The molecule has 130 valence electrons. The van der Waals surface area contributed by atoms with Crippen LogP contribution in [-0.2, 0) is 6.54 Å². The molecule has 8 nitrogen and oxygen atoms in total. The van der Waals surface area contributed by atoms with Crippen molar-refractivity contribution in [1.29, 1.82) is 0 Å². The van der Waals surface area contributed by atoms with E-state index in [0.717, 1.165) is 5.76 Å². The molecule has 1 aromatic carbocycles. The Morgan fingerprint density at radius 2 is 2.08 bits per heavy atom. The summed E-state index contributed by atoms with van der Waals surface area (Å²) in [5.74, 6) is 0.403. The van der Waals surface area contributed by atoms with E-state index in [0.29, 0.717) is 31.0 Å². The average Bonchev–Trinajstić information content (AvgIpc) is 3.24. The van der Waals surface area contributed by atoms with E-state index < -0.39 is 5.91 Å². The summed E-state index contributed by atoms with van der Waals surface area (Å²) in [5.41, 5.74) is 5.84. The van der Waals surface area contributed by atoms with E-state index in [-0.39, 0.29) is 17.3 Å². The number of quaternary nitrogens is 1. The standard InChI is InChI=1S/C16H16FN5O3/c17-12-4-2-1-3-11(12)13-6-5-10(24-13)9-19-7-8-20-16(23)14-15(18)22-25-21-14/h1-6,19H,7-9H2,(H2,18,22)(H,20,23)/p+1. The van der Waals surface area contributed by atoms with Crippen LogP contribution >= 0.6 is 0 Å². The molecule has 25 heavy (non-hydrogen) atoms. The van der Waals surface area contributed by atoms with Gasteiger partial charge in [-0.05, 0) is 34.6 Å². The number of benzene rings is 1. The van der Waals surface area contributed by atoms with Crippen molar-refractivity contribution in [2.45, 2.75) is 6.54 Å². The number of carbonyl (C=O) groups excluding carboxylic acids is 1. The van der Waals surface area contributed by atoms with E-state index in [2.05, 4.69) is 20.3 Å². The summed E-state index contributed by atoms with van der Waals surface area (Å²) < 4.78 is 23.7. The second-order valence-corrected chi connectivity index (χ2v) is 5.28. The van der Waals surface area contributed by atoms with Crippen LogP contribution < -0.4 is 16.4 Å². The van der Waals surface area contributed by atoms with E-state index in [1.165, 1.54) is 6.07 Å². The highest BCUT2D eigenvalue weighted by molar-refractivity contribution is 5.95. The second kappa shape index (κ2) is 7.58. The number of nitrogens with two attached hydrogens (primary N) is 2. The summed E-state index contributed by atoms with van der Waals surface area (Å²) in [7, 11) is 0. The molecule has 0 saturated heterocycles. The van der Waals surface area contributed by atoms with Crippen molar-refractivity contribution in [2.75, 3.05) is 18.8 Å². The summed E-state index contributed by atoms with van der Waals surface area (Å²) in [6, 6.07) is 9.99. The molecule has 0 aliphatic carbocycles. The van der Waals surface area contributed by atoms with Gasteiger partial charge in [-0.2, -0.15) is 0 Å². The molecule has 0 radical (unpaired) electrons. The minimum Gasteiger partial charge on any atom is -0.455 e. The lowest BCUT2D eigenvalue weighted by atomic mass is 10.1. The third-order valence-electron chi connectivity index (χ3n) is 3.51. The Hall–Kier alpha value is -3.20. The minimum absolute atomic E-state index is 0.0273. The van der Waals surface area contributed by atoms with Gasteiger partial charge in [0.15, 0.2) is 5.76 Å². The number of rotatable bonds is 7. The highest BCUT2D eigenvalue weighted by Gasteiger charge is 2.15. The van der Waals surface area contributed by atoms with Crippen LogP contribution in [0, 0.1) is 5.82 Å². The zero-order valence-corrected chi connectivity index (χ0v) is 13.2. The number of furan rings is 1. The van der Waals surface area contributed by atoms with Gasteiger partial charge in [0.05, 0.1) is 18.7 Å². The van der Waals surface area contributed by atoms with E-state index in [1.54, 1.807) is 30.3 Å². The maximum absolute atomic E-state index is 13.7. The fraction of sp³-hybridized carbons (Fsp3) is 0.188. The van der Waals surface area contributed by atoms with Gasteiger partial charge >= 0.3 is 0 Å². The molecule has 0 aliphatic rings. The molecular weight excluding hydrogens is 329 g/mol. The van der Waals surface area contributed by atoms with Crippen LogP contribution in [0.15, 0.2) is 45.4 Å². The lowest BCUT2D eigenvalue weighted by Crippen LogP contribution is -2.84. The maximum atomic E-state index is 13.7. The van der Waals surface area contributed by atoms with Crippen LogP contribution in [0.3, 0.4) is 0 Å². The van der Waals surface area contributed by atoms with Gasteiger partial charge in [-0.25, -0.2) is 9.02 Å². The number of nitrogens with zero attached hydrogens (tertiary/aromatic N) is 2. The fourth-order valence-electron chi connectivity index (χ4n) is 2.26. The van der Waals surface area contributed by atoms with Gasteiger partial charge in [-0.3, -0.25) is 4.79 Å². The average molecular weight is 346 g/mol. The second-order valence-electron chi connectivity index (χ2n) is 5.28. The molecule has 5 N–H and O–H groups in total. The van der Waals surface area contributed by atoms with Crippen molar-refractivity contribution in [2.24, 2.45) is 0 Å². The van der Waals surface area contributed by atoms with Crippen LogP contribution in [0.4, 0.5) is 10.2 Å². The van der Waals surface area contributed by atoms with Gasteiger partial charge < -0.3 is 20.8 Å². The Morgan fingerprint density at radius 1 is 1.24 bits per heavy atom. The van der Waals surface area contributed by atoms with Crippen LogP contribution in [0.25, 0.3) is 11.3 Å². The molecule has 3 rings (SSSR count). The molecule has 0 bridgehead atoms. The number of hydrogen-bond acceptors (Lipinski definition) is 6. The van der Waals surface area contributed by atoms with Crippen molar-refractivity contribution < 1.29 is 23.5 Å². The third kappa shape index (κ3) is 4.01. The Labute approximate surface area is 142 Å². The topological polar surface area (TPSA) is 124 Å². The van der Waals surface area contributed by atoms with Crippen molar-refractivity contribution in [3.63, 3.8) is 0 Å². The van der Waals surface area contributed by atoms with Crippen molar-refractivity contribution in [3.05, 3.63) is 53.7 Å². The summed E-state index contributed by atoms with van der Waals surface area (Å²) in [6.07, 6.45) is 0. The van der Waals surface area contributed by atoms with E-state index >= 15 is 0 Å². The van der Waals surface area contributed by atoms with Crippen molar-refractivity contribution >= 4 is 11.7 Å². The molecule has 9 heteroatoms. The third-order valence-corrected chi connectivity index (χ3v) is 3.51. The normalized spacial score (nSPS) is 10.8. The van der Waals surface area contributed by atoms with Gasteiger partial charge in [-0.1, -0.05) is 12.1 Å². The Balaban J connectivity index is 1.43. The molecule has 0 saturated carbocycles. The van der Waals surface area contributed by atoms with E-state index in [1.807, 2.05) is 5.32 Å². The Bertz CT molecular complexity index is 861. The number of halogens is 1. The molecule has 3 aromatic rings. The number of nitrogens with one attached hydrogen (secondary N) is 1. The lowest BCUT2D eigenvalue weighted by molar-refractivity contribution is -0.670. The number of carbonyl (C=O) groups is 1. The molecule has 2 heterocycles. The Morgan fingerprint density at radius 3 is 2.84 bits per heavy atom. The number of amides is 1. The van der Waals surface area contributed by atoms with Gasteiger partial charge in [-0.15, -0.1) is 0 Å². The summed E-state index contributed by atoms with van der Waals surface area (Å²) in [5, 5.41) is 11.4. The Kier molecular flexibility index (Phi) is 5.05. The van der Waals surface area contributed by atoms with Crippen molar-refractivity contribution in [1.82, 2.24) is 15.6 Å². The van der Waals surface area contributed by atoms with E-state index in [9.17, 15) is 9.18 Å². The van der Waals surface area contributed by atoms with Gasteiger partial charge in [0.2, 0.25) is 11.5 Å². The van der Waals surface area contributed by atoms with Gasteiger partial charge in [0.1, 0.15) is 18.1 Å². The number of anilines is 1. The van der Waals surface area contributed by atoms with Crippen molar-refractivity contribution in [3.8, 4) is 11.3 Å². The number of nitrogen functional groups attached to an aromatic ring is 1.